The van der Waals surface area contributed by atoms with Crippen molar-refractivity contribution in [2.24, 2.45) is 0 Å². The third-order valence-corrected chi connectivity index (χ3v) is 4.07. The van der Waals surface area contributed by atoms with Crippen molar-refractivity contribution in [1.29, 1.82) is 5.26 Å². The molecular weight excluding hydrogens is 272 g/mol. The zero-order valence-electron chi connectivity index (χ0n) is 11.0. The van der Waals surface area contributed by atoms with Gasteiger partial charge in [0.2, 0.25) is 0 Å². The van der Waals surface area contributed by atoms with E-state index in [1.165, 1.54) is 11.3 Å². The first-order valence-electron chi connectivity index (χ1n) is 6.15. The van der Waals surface area contributed by atoms with Gasteiger partial charge in [-0.05, 0) is 36.8 Å². The Balaban J connectivity index is 1.95. The second-order valence-electron chi connectivity index (χ2n) is 4.41. The molecule has 1 heterocycles. The van der Waals surface area contributed by atoms with E-state index in [0.717, 1.165) is 10.4 Å². The Morgan fingerprint density at radius 2 is 2.05 bits per heavy atom. The normalized spacial score (nSPS) is 11.8. The monoisotopic (exact) mass is 286 g/mol. The lowest BCUT2D eigenvalue weighted by atomic mass is 10.1. The molecule has 2 aromatic rings. The minimum absolute atomic E-state index is 0.137. The van der Waals surface area contributed by atoms with Gasteiger partial charge in [-0.25, -0.2) is 4.79 Å². The average molecular weight is 286 g/mol. The molecule has 0 saturated carbocycles. The maximum atomic E-state index is 10.8. The molecule has 1 aromatic heterocycles. The van der Waals surface area contributed by atoms with Gasteiger partial charge in [0.15, 0.2) is 0 Å². The van der Waals surface area contributed by atoms with Gasteiger partial charge in [-0.3, -0.25) is 0 Å². The number of carboxylic acid groups (broad SMARTS) is 1. The summed E-state index contributed by atoms with van der Waals surface area (Å²) >= 11 is 1.28. The fourth-order valence-electron chi connectivity index (χ4n) is 1.81. The van der Waals surface area contributed by atoms with Crippen LogP contribution in [0.25, 0.3) is 0 Å². The van der Waals surface area contributed by atoms with Gasteiger partial charge in [0.1, 0.15) is 4.88 Å². The summed E-state index contributed by atoms with van der Waals surface area (Å²) in [5.41, 5.74) is 1.74. The Bertz CT molecular complexity index is 641. The van der Waals surface area contributed by atoms with Crippen LogP contribution in [0.1, 0.15) is 38.6 Å². The van der Waals surface area contributed by atoms with Crippen molar-refractivity contribution >= 4 is 17.3 Å². The minimum atomic E-state index is -0.888. The molecule has 0 amide bonds. The highest BCUT2D eigenvalue weighted by Gasteiger charge is 2.09. The molecule has 0 aliphatic rings. The predicted octanol–water partition coefficient (Wildman–Crippen LogP) is 3.17. The van der Waals surface area contributed by atoms with Crippen LogP contribution in [0.5, 0.6) is 0 Å². The van der Waals surface area contributed by atoms with Gasteiger partial charge in [-0.15, -0.1) is 11.3 Å². The van der Waals surface area contributed by atoms with E-state index in [9.17, 15) is 4.79 Å². The molecule has 1 aromatic carbocycles. The van der Waals surface area contributed by atoms with Gasteiger partial charge >= 0.3 is 5.97 Å². The second kappa shape index (κ2) is 6.33. The Morgan fingerprint density at radius 3 is 2.60 bits per heavy atom. The number of aromatic carboxylic acids is 1. The van der Waals surface area contributed by atoms with Crippen molar-refractivity contribution < 1.29 is 9.90 Å². The maximum Gasteiger partial charge on any atom is 0.345 e. The highest BCUT2D eigenvalue weighted by Crippen LogP contribution is 2.18. The second-order valence-corrected chi connectivity index (χ2v) is 5.58. The Morgan fingerprint density at radius 1 is 1.35 bits per heavy atom. The van der Waals surface area contributed by atoms with E-state index < -0.39 is 5.97 Å². The lowest BCUT2D eigenvalue weighted by Gasteiger charge is -2.13. The largest absolute Gasteiger partial charge is 0.477 e. The highest BCUT2D eigenvalue weighted by atomic mass is 32.1. The van der Waals surface area contributed by atoms with Crippen molar-refractivity contribution in [3.8, 4) is 6.07 Å². The third kappa shape index (κ3) is 3.44. The lowest BCUT2D eigenvalue weighted by Crippen LogP contribution is -2.17. The summed E-state index contributed by atoms with van der Waals surface area (Å²) in [6.07, 6.45) is 0. The lowest BCUT2D eigenvalue weighted by molar-refractivity contribution is 0.0702. The average Bonchev–Trinajstić information content (AvgIpc) is 2.94. The van der Waals surface area contributed by atoms with Crippen LogP contribution in [0.2, 0.25) is 0 Å². The third-order valence-electron chi connectivity index (χ3n) is 2.99. The summed E-state index contributed by atoms with van der Waals surface area (Å²) in [7, 11) is 0. The summed E-state index contributed by atoms with van der Waals surface area (Å²) < 4.78 is 0. The van der Waals surface area contributed by atoms with Crippen molar-refractivity contribution in [2.75, 3.05) is 0 Å². The topological polar surface area (TPSA) is 73.1 Å². The van der Waals surface area contributed by atoms with E-state index in [4.69, 9.17) is 10.4 Å². The van der Waals surface area contributed by atoms with Gasteiger partial charge in [-0.2, -0.15) is 5.26 Å². The number of hydrogen-bond acceptors (Lipinski definition) is 4. The van der Waals surface area contributed by atoms with Crippen LogP contribution < -0.4 is 5.32 Å². The Kier molecular flexibility index (Phi) is 4.51. The molecule has 2 rings (SSSR count). The first-order valence-corrected chi connectivity index (χ1v) is 6.97. The minimum Gasteiger partial charge on any atom is -0.477 e. The van der Waals surface area contributed by atoms with E-state index in [0.29, 0.717) is 17.0 Å². The molecule has 0 radical (unpaired) electrons. The molecule has 2 N–H and O–H groups in total. The number of nitriles is 1. The van der Waals surface area contributed by atoms with E-state index in [1.54, 1.807) is 18.2 Å². The molecule has 1 atom stereocenters. The van der Waals surface area contributed by atoms with Crippen LogP contribution >= 0.6 is 11.3 Å². The molecule has 0 spiro atoms. The van der Waals surface area contributed by atoms with Crippen LogP contribution in [0, 0.1) is 11.3 Å². The SMILES string of the molecule is CC(NCc1ccc(C(=O)O)s1)c1ccc(C#N)cc1. The van der Waals surface area contributed by atoms with Gasteiger partial charge in [0, 0.05) is 17.5 Å². The quantitative estimate of drug-likeness (QED) is 0.885. The zero-order valence-corrected chi connectivity index (χ0v) is 11.8. The van der Waals surface area contributed by atoms with Crippen molar-refractivity contribution in [3.05, 3.63) is 57.3 Å². The molecule has 0 aliphatic carbocycles. The molecule has 20 heavy (non-hydrogen) atoms. The number of carbonyl (C=O) groups is 1. The van der Waals surface area contributed by atoms with E-state index >= 15 is 0 Å². The Labute approximate surface area is 121 Å². The van der Waals surface area contributed by atoms with Crippen molar-refractivity contribution in [2.45, 2.75) is 19.5 Å². The molecule has 0 saturated heterocycles. The zero-order chi connectivity index (χ0) is 14.5. The molecule has 1 unspecified atom stereocenters. The van der Waals surface area contributed by atoms with Gasteiger partial charge in [0.05, 0.1) is 11.6 Å². The van der Waals surface area contributed by atoms with Crippen LogP contribution in [-0.2, 0) is 6.54 Å². The summed E-state index contributed by atoms with van der Waals surface area (Å²) in [6.45, 7) is 2.66. The molecule has 102 valence electrons. The number of rotatable bonds is 5. The van der Waals surface area contributed by atoms with Gasteiger partial charge in [0.25, 0.3) is 0 Å². The van der Waals surface area contributed by atoms with Gasteiger partial charge in [-0.1, -0.05) is 12.1 Å². The van der Waals surface area contributed by atoms with E-state index in [1.807, 2.05) is 25.1 Å². The smallest absolute Gasteiger partial charge is 0.345 e. The summed E-state index contributed by atoms with van der Waals surface area (Å²) in [6, 6.07) is 13.1. The number of nitrogens with zero attached hydrogens (tertiary/aromatic N) is 1. The van der Waals surface area contributed by atoms with Crippen LogP contribution in [0.15, 0.2) is 36.4 Å². The standard InChI is InChI=1S/C15H14N2O2S/c1-10(12-4-2-11(8-16)3-5-12)17-9-13-6-7-14(20-13)15(18)19/h2-7,10,17H,9H2,1H3,(H,18,19). The fraction of sp³-hybridized carbons (Fsp3) is 0.200. The molecular formula is C15H14N2O2S. The first kappa shape index (κ1) is 14.3. The predicted molar refractivity (Wildman–Crippen MR) is 77.7 cm³/mol. The van der Waals surface area contributed by atoms with Crippen LogP contribution in [-0.4, -0.2) is 11.1 Å². The molecule has 0 aliphatic heterocycles. The number of nitrogens with one attached hydrogen (secondary N) is 1. The summed E-state index contributed by atoms with van der Waals surface area (Å²) in [4.78, 5) is 12.1. The van der Waals surface area contributed by atoms with Crippen LogP contribution in [0.3, 0.4) is 0 Å². The molecule has 4 nitrogen and oxygen atoms in total. The molecule has 5 heteroatoms. The number of carboxylic acids is 1. The van der Waals surface area contributed by atoms with Crippen LogP contribution in [0.4, 0.5) is 0 Å². The molecule has 0 fully saturated rings. The van der Waals surface area contributed by atoms with Crippen molar-refractivity contribution in [3.63, 3.8) is 0 Å². The highest BCUT2D eigenvalue weighted by molar-refractivity contribution is 7.13. The molecule has 0 bridgehead atoms. The first-order chi connectivity index (χ1) is 9.60. The summed E-state index contributed by atoms with van der Waals surface area (Å²) in [5.74, 6) is -0.888. The Hall–Kier alpha value is -2.16. The number of benzene rings is 1. The number of thiophene rings is 1. The maximum absolute atomic E-state index is 10.8. The van der Waals surface area contributed by atoms with Crippen molar-refractivity contribution in [1.82, 2.24) is 5.32 Å². The van der Waals surface area contributed by atoms with Gasteiger partial charge < -0.3 is 10.4 Å². The van der Waals surface area contributed by atoms with E-state index in [2.05, 4.69) is 11.4 Å². The summed E-state index contributed by atoms with van der Waals surface area (Å²) in [5, 5.41) is 21.0. The van der Waals surface area contributed by atoms with E-state index in [-0.39, 0.29) is 6.04 Å². The fourth-order valence-corrected chi connectivity index (χ4v) is 2.60. The number of hydrogen-bond donors (Lipinski definition) is 2.